The molecule has 0 saturated heterocycles. The van der Waals surface area contributed by atoms with Gasteiger partial charge in [-0.05, 0) is 11.6 Å². The molecule has 0 radical (unpaired) electrons. The lowest BCUT2D eigenvalue weighted by Gasteiger charge is -2.25. The van der Waals surface area contributed by atoms with Crippen molar-refractivity contribution in [2.75, 3.05) is 7.11 Å². The van der Waals surface area contributed by atoms with E-state index in [9.17, 15) is 19.5 Å². The molecule has 0 unspecified atom stereocenters. The summed E-state index contributed by atoms with van der Waals surface area (Å²) in [5.41, 5.74) is 0.331. The normalized spacial score (nSPS) is 14.2. The number of phenolic OH excluding ortho intramolecular Hbond substituents is 1. The largest absolute Gasteiger partial charge is 0.507 e. The number of methoxy groups -OCH3 is 1. The van der Waals surface area contributed by atoms with Crippen LogP contribution in [0.3, 0.4) is 0 Å². The van der Waals surface area contributed by atoms with Gasteiger partial charge in [0.05, 0.1) is 19.2 Å². The number of ether oxygens (including phenoxy) is 1. The number of hydrogen-bond donors (Lipinski definition) is 1. The minimum atomic E-state index is -0.870. The molecule has 1 aliphatic heterocycles. The number of phenols is 1. The van der Waals surface area contributed by atoms with Gasteiger partial charge in [0.25, 0.3) is 5.91 Å². The second kappa shape index (κ2) is 6.84. The number of carbonyl (C=O) groups is 2. The predicted molar refractivity (Wildman–Crippen MR) is 100.0 cm³/mol. The molecule has 1 aromatic heterocycles. The van der Waals surface area contributed by atoms with Crippen LogP contribution in [0.25, 0.3) is 10.8 Å². The van der Waals surface area contributed by atoms with Crippen LogP contribution in [0.1, 0.15) is 21.7 Å². The average molecular weight is 379 g/mol. The highest BCUT2D eigenvalue weighted by atomic mass is 16.5. The highest BCUT2D eigenvalue weighted by Crippen LogP contribution is 2.33. The molecule has 1 aliphatic rings. The fourth-order valence-corrected chi connectivity index (χ4v) is 3.59. The lowest BCUT2D eigenvalue weighted by molar-refractivity contribution is -0.146. The van der Waals surface area contributed by atoms with Crippen LogP contribution < -0.4 is 5.63 Å². The Hall–Kier alpha value is -3.61. The molecule has 0 saturated carbocycles. The van der Waals surface area contributed by atoms with Crippen molar-refractivity contribution in [2.24, 2.45) is 0 Å². The molecule has 7 heteroatoms. The van der Waals surface area contributed by atoms with Crippen LogP contribution in [-0.2, 0) is 22.5 Å². The van der Waals surface area contributed by atoms with E-state index in [0.717, 1.165) is 5.56 Å². The van der Waals surface area contributed by atoms with Gasteiger partial charge in [-0.25, -0.2) is 9.59 Å². The SMILES string of the molecule is COC(=O)[C@H](Cc1ccccc1)N1Cc2oc(=O)c3c(O)cccc3c2C1=O. The van der Waals surface area contributed by atoms with Gasteiger partial charge >= 0.3 is 11.6 Å². The number of rotatable bonds is 4. The third-order valence-corrected chi connectivity index (χ3v) is 4.92. The number of fused-ring (bicyclic) bond motifs is 3. The van der Waals surface area contributed by atoms with Crippen molar-refractivity contribution in [3.05, 3.63) is 75.8 Å². The van der Waals surface area contributed by atoms with E-state index in [0.29, 0.717) is 5.39 Å². The minimum Gasteiger partial charge on any atom is -0.507 e. The molecule has 7 nitrogen and oxygen atoms in total. The molecular weight excluding hydrogens is 362 g/mol. The maximum absolute atomic E-state index is 13.2. The quantitative estimate of drug-likeness (QED) is 0.699. The first-order valence-corrected chi connectivity index (χ1v) is 8.71. The molecule has 0 spiro atoms. The second-order valence-corrected chi connectivity index (χ2v) is 6.55. The molecule has 0 bridgehead atoms. The number of nitrogens with zero attached hydrogens (tertiary/aromatic N) is 1. The van der Waals surface area contributed by atoms with Crippen molar-refractivity contribution >= 4 is 22.6 Å². The first-order valence-electron chi connectivity index (χ1n) is 8.71. The molecule has 2 heterocycles. The van der Waals surface area contributed by atoms with Crippen LogP contribution in [0.15, 0.2) is 57.7 Å². The van der Waals surface area contributed by atoms with E-state index < -0.39 is 23.5 Å². The smallest absolute Gasteiger partial charge is 0.347 e. The molecule has 28 heavy (non-hydrogen) atoms. The van der Waals surface area contributed by atoms with Gasteiger partial charge < -0.3 is 19.2 Å². The van der Waals surface area contributed by atoms with Crippen molar-refractivity contribution in [3.63, 3.8) is 0 Å². The highest BCUT2D eigenvalue weighted by Gasteiger charge is 2.40. The molecule has 1 amide bonds. The molecule has 1 N–H and O–H groups in total. The summed E-state index contributed by atoms with van der Waals surface area (Å²) in [4.78, 5) is 39.2. The van der Waals surface area contributed by atoms with Crippen LogP contribution in [0.5, 0.6) is 5.75 Å². The van der Waals surface area contributed by atoms with Gasteiger partial charge in [0.2, 0.25) is 0 Å². The van der Waals surface area contributed by atoms with E-state index in [-0.39, 0.29) is 35.4 Å². The Morgan fingerprint density at radius 3 is 2.64 bits per heavy atom. The van der Waals surface area contributed by atoms with Crippen LogP contribution in [-0.4, -0.2) is 35.0 Å². The van der Waals surface area contributed by atoms with Gasteiger partial charge in [-0.2, -0.15) is 0 Å². The number of benzene rings is 2. The molecule has 3 aromatic rings. The average Bonchev–Trinajstić information content (AvgIpc) is 3.02. The summed E-state index contributed by atoms with van der Waals surface area (Å²) in [6, 6.07) is 12.9. The number of esters is 1. The Kier molecular flexibility index (Phi) is 4.35. The van der Waals surface area contributed by atoms with Gasteiger partial charge in [0.1, 0.15) is 22.9 Å². The summed E-state index contributed by atoms with van der Waals surface area (Å²) < 4.78 is 10.2. The van der Waals surface area contributed by atoms with Crippen LogP contribution in [0.2, 0.25) is 0 Å². The molecular formula is C21H17NO6. The molecule has 0 aliphatic carbocycles. The number of amides is 1. The van der Waals surface area contributed by atoms with Crippen molar-refractivity contribution < 1.29 is 23.8 Å². The Morgan fingerprint density at radius 1 is 1.18 bits per heavy atom. The Morgan fingerprint density at radius 2 is 1.93 bits per heavy atom. The first kappa shape index (κ1) is 17.8. The number of carbonyl (C=O) groups excluding carboxylic acids is 2. The van der Waals surface area contributed by atoms with E-state index in [1.54, 1.807) is 12.1 Å². The Labute approximate surface area is 159 Å². The zero-order chi connectivity index (χ0) is 19.8. The van der Waals surface area contributed by atoms with E-state index in [4.69, 9.17) is 9.15 Å². The van der Waals surface area contributed by atoms with Crippen molar-refractivity contribution in [1.29, 1.82) is 0 Å². The fourth-order valence-electron chi connectivity index (χ4n) is 3.59. The summed E-state index contributed by atoms with van der Waals surface area (Å²) in [5.74, 6) is -1.08. The van der Waals surface area contributed by atoms with Crippen molar-refractivity contribution in [1.82, 2.24) is 4.90 Å². The van der Waals surface area contributed by atoms with Gasteiger partial charge in [-0.15, -0.1) is 0 Å². The lowest BCUT2D eigenvalue weighted by atomic mass is 10.0. The number of aromatic hydroxyl groups is 1. The first-order chi connectivity index (χ1) is 13.5. The van der Waals surface area contributed by atoms with Gasteiger partial charge in [-0.3, -0.25) is 4.79 Å². The summed E-state index contributed by atoms with van der Waals surface area (Å²) in [5, 5.41) is 10.3. The van der Waals surface area contributed by atoms with E-state index >= 15 is 0 Å². The maximum atomic E-state index is 13.2. The van der Waals surface area contributed by atoms with Crippen molar-refractivity contribution in [3.8, 4) is 5.75 Å². The van der Waals surface area contributed by atoms with Crippen LogP contribution >= 0.6 is 0 Å². The van der Waals surface area contributed by atoms with Gasteiger partial charge in [-0.1, -0.05) is 42.5 Å². The van der Waals surface area contributed by atoms with E-state index in [2.05, 4.69) is 0 Å². The van der Waals surface area contributed by atoms with E-state index in [1.165, 1.54) is 18.1 Å². The maximum Gasteiger partial charge on any atom is 0.347 e. The summed E-state index contributed by atoms with van der Waals surface area (Å²) in [6.45, 7) is -0.0262. The molecule has 142 valence electrons. The van der Waals surface area contributed by atoms with Gasteiger partial charge in [0, 0.05) is 11.8 Å². The molecule has 4 rings (SSSR count). The minimum absolute atomic E-state index is 0.0262. The van der Waals surface area contributed by atoms with Crippen molar-refractivity contribution in [2.45, 2.75) is 19.0 Å². The van der Waals surface area contributed by atoms with Crippen LogP contribution in [0, 0.1) is 0 Å². The lowest BCUT2D eigenvalue weighted by Crippen LogP contribution is -2.43. The number of hydrogen-bond acceptors (Lipinski definition) is 6. The molecule has 1 atom stereocenters. The summed E-state index contributed by atoms with van der Waals surface area (Å²) >= 11 is 0. The molecule has 2 aromatic carbocycles. The topological polar surface area (TPSA) is 97.1 Å². The summed E-state index contributed by atoms with van der Waals surface area (Å²) in [6.07, 6.45) is 0.265. The van der Waals surface area contributed by atoms with Gasteiger partial charge in [0.15, 0.2) is 0 Å². The van der Waals surface area contributed by atoms with Crippen LogP contribution in [0.4, 0.5) is 0 Å². The standard InChI is InChI=1S/C21H17NO6/c1-27-20(25)14(10-12-6-3-2-4-7-12)22-11-16-18(19(22)24)13-8-5-9-15(23)17(13)21(26)28-16/h2-9,14,23H,10-11H2,1H3/t14-/m0/s1. The third kappa shape index (κ3) is 2.81. The zero-order valence-corrected chi connectivity index (χ0v) is 15.0. The monoisotopic (exact) mass is 379 g/mol. The Bertz CT molecular complexity index is 1130. The predicted octanol–water partition coefficient (Wildman–Crippen LogP) is 2.24. The highest BCUT2D eigenvalue weighted by molar-refractivity contribution is 6.11. The fraction of sp³-hybridized carbons (Fsp3) is 0.190. The Balaban J connectivity index is 1.79. The summed E-state index contributed by atoms with van der Waals surface area (Å²) in [7, 11) is 1.27. The molecule has 0 fully saturated rings. The second-order valence-electron chi connectivity index (χ2n) is 6.55. The third-order valence-electron chi connectivity index (χ3n) is 4.92. The van der Waals surface area contributed by atoms with E-state index in [1.807, 2.05) is 30.3 Å². The zero-order valence-electron chi connectivity index (χ0n) is 15.0.